The summed E-state index contributed by atoms with van der Waals surface area (Å²) >= 11 is 13.4. The Hall–Kier alpha value is -2.62. The van der Waals surface area contributed by atoms with Gasteiger partial charge >= 0.3 is 0 Å². The molecule has 3 rings (SSSR count). The monoisotopic (exact) mass is 537 g/mol. The van der Waals surface area contributed by atoms with Gasteiger partial charge in [0.05, 0.1) is 22.4 Å². The van der Waals surface area contributed by atoms with E-state index in [0.717, 1.165) is 0 Å². The van der Waals surface area contributed by atoms with Gasteiger partial charge in [0.1, 0.15) is 5.82 Å². The Morgan fingerprint density at radius 3 is 2.57 bits per heavy atom. The molecule has 1 heterocycles. The quantitative estimate of drug-likeness (QED) is 0.331. The summed E-state index contributed by atoms with van der Waals surface area (Å²) in [7, 11) is 0. The molecular formula is C24H26Cl2FN5O2S. The third kappa shape index (κ3) is 6.54. The maximum Gasteiger partial charge on any atom is 0.253 e. The molecular weight excluding hydrogens is 512 g/mol. The number of hydrogen-bond acceptors (Lipinski definition) is 5. The van der Waals surface area contributed by atoms with Crippen molar-refractivity contribution >= 4 is 52.5 Å². The van der Waals surface area contributed by atoms with E-state index in [1.54, 1.807) is 31.2 Å². The van der Waals surface area contributed by atoms with Crippen molar-refractivity contribution in [2.75, 3.05) is 11.1 Å². The molecule has 186 valence electrons. The number of nitrogens with zero attached hydrogens (tertiary/aromatic N) is 3. The summed E-state index contributed by atoms with van der Waals surface area (Å²) in [4.78, 5) is 25.4. The second-order valence-electron chi connectivity index (χ2n) is 8.15. The van der Waals surface area contributed by atoms with Gasteiger partial charge in [-0.2, -0.15) is 0 Å². The normalized spacial score (nSPS) is 12.0. The first-order valence-electron chi connectivity index (χ1n) is 11.0. The fraction of sp³-hybridized carbons (Fsp3) is 0.333. The van der Waals surface area contributed by atoms with Crippen molar-refractivity contribution in [2.45, 2.75) is 45.4 Å². The lowest BCUT2D eigenvalue weighted by atomic mass is 10.0. The topological polar surface area (TPSA) is 88.9 Å². The lowest BCUT2D eigenvalue weighted by Crippen LogP contribution is -2.34. The summed E-state index contributed by atoms with van der Waals surface area (Å²) in [6.07, 6.45) is 0. The van der Waals surface area contributed by atoms with Gasteiger partial charge in [-0.25, -0.2) is 4.39 Å². The largest absolute Gasteiger partial charge is 0.342 e. The lowest BCUT2D eigenvalue weighted by molar-refractivity contribution is -0.113. The minimum absolute atomic E-state index is 0.00312. The van der Waals surface area contributed by atoms with Crippen molar-refractivity contribution in [2.24, 2.45) is 5.92 Å². The highest BCUT2D eigenvalue weighted by molar-refractivity contribution is 7.99. The van der Waals surface area contributed by atoms with Crippen LogP contribution in [-0.2, 0) is 11.3 Å². The summed E-state index contributed by atoms with van der Waals surface area (Å²) in [6.45, 7) is 8.00. The van der Waals surface area contributed by atoms with Crippen LogP contribution in [0.15, 0.2) is 41.6 Å². The molecule has 35 heavy (non-hydrogen) atoms. The number of carbonyl (C=O) groups is 2. The molecule has 0 aliphatic carbocycles. The van der Waals surface area contributed by atoms with E-state index in [9.17, 15) is 14.0 Å². The minimum atomic E-state index is -0.445. The van der Waals surface area contributed by atoms with Crippen LogP contribution in [0.5, 0.6) is 0 Å². The Balaban J connectivity index is 1.74. The number of halogens is 3. The van der Waals surface area contributed by atoms with Crippen LogP contribution in [0.4, 0.5) is 10.1 Å². The van der Waals surface area contributed by atoms with Crippen molar-refractivity contribution < 1.29 is 14.0 Å². The van der Waals surface area contributed by atoms with Gasteiger partial charge in [-0.15, -0.1) is 10.2 Å². The molecule has 2 amide bonds. The van der Waals surface area contributed by atoms with Crippen molar-refractivity contribution in [3.63, 3.8) is 0 Å². The summed E-state index contributed by atoms with van der Waals surface area (Å²) in [5, 5.41) is 15.5. The summed E-state index contributed by atoms with van der Waals surface area (Å²) < 4.78 is 15.6. The van der Waals surface area contributed by atoms with E-state index in [1.165, 1.54) is 23.9 Å². The molecule has 0 fully saturated rings. The van der Waals surface area contributed by atoms with Gasteiger partial charge < -0.3 is 15.2 Å². The maximum atomic E-state index is 13.7. The highest BCUT2D eigenvalue weighted by atomic mass is 35.5. The molecule has 0 aliphatic heterocycles. The van der Waals surface area contributed by atoms with E-state index in [1.807, 2.05) is 25.3 Å². The van der Waals surface area contributed by atoms with Gasteiger partial charge in [0.2, 0.25) is 5.91 Å². The number of amides is 2. The number of carbonyl (C=O) groups excluding carboxylic acids is 2. The second kappa shape index (κ2) is 11.9. The summed E-state index contributed by atoms with van der Waals surface area (Å²) in [5.41, 5.74) is 1.11. The molecule has 2 N–H and O–H groups in total. The number of hydrogen-bond donors (Lipinski definition) is 2. The van der Waals surface area contributed by atoms with Gasteiger partial charge in [-0.1, -0.05) is 54.9 Å². The minimum Gasteiger partial charge on any atom is -0.342 e. The predicted octanol–water partition coefficient (Wildman–Crippen LogP) is 5.91. The standard InChI is InChI=1S/C24H26Cl2FN5O2S/c1-5-32-22(21(13(2)3)29-23(34)16-10-9-15(25)11-17(16)26)30-31-24(32)35-12-20(33)28-19-8-6-7-18(27)14(19)4/h6-11,13,21H,5,12H2,1-4H3,(H,28,33)(H,29,34)/t21-/m1/s1. The highest BCUT2D eigenvalue weighted by Gasteiger charge is 2.27. The molecule has 0 unspecified atom stereocenters. The van der Waals surface area contributed by atoms with Crippen molar-refractivity contribution in [1.29, 1.82) is 0 Å². The van der Waals surface area contributed by atoms with Crippen LogP contribution in [0, 0.1) is 18.7 Å². The Labute approximate surface area is 217 Å². The zero-order chi connectivity index (χ0) is 25.7. The van der Waals surface area contributed by atoms with Crippen LogP contribution >= 0.6 is 35.0 Å². The predicted molar refractivity (Wildman–Crippen MR) is 138 cm³/mol. The van der Waals surface area contributed by atoms with Gasteiger partial charge in [0.15, 0.2) is 11.0 Å². The average Bonchev–Trinajstić information content (AvgIpc) is 3.21. The smallest absolute Gasteiger partial charge is 0.253 e. The molecule has 0 radical (unpaired) electrons. The Morgan fingerprint density at radius 1 is 1.17 bits per heavy atom. The third-order valence-electron chi connectivity index (χ3n) is 5.34. The summed E-state index contributed by atoms with van der Waals surface area (Å²) in [5.74, 6) is -0.390. The molecule has 2 aromatic carbocycles. The number of anilines is 1. The highest BCUT2D eigenvalue weighted by Crippen LogP contribution is 2.27. The van der Waals surface area contributed by atoms with E-state index in [2.05, 4.69) is 20.8 Å². The molecule has 1 atom stereocenters. The first kappa shape index (κ1) is 27.0. The maximum absolute atomic E-state index is 13.7. The molecule has 0 saturated heterocycles. The van der Waals surface area contributed by atoms with Crippen LogP contribution in [0.2, 0.25) is 10.0 Å². The number of nitrogens with one attached hydrogen (secondary N) is 2. The number of rotatable bonds is 9. The molecule has 1 aromatic heterocycles. The van der Waals surface area contributed by atoms with Gasteiger partial charge in [-0.05, 0) is 50.1 Å². The third-order valence-corrected chi connectivity index (χ3v) is 6.86. The Morgan fingerprint density at radius 2 is 1.91 bits per heavy atom. The van der Waals surface area contributed by atoms with E-state index >= 15 is 0 Å². The Kier molecular flexibility index (Phi) is 9.15. The Bertz CT molecular complexity index is 1230. The van der Waals surface area contributed by atoms with Crippen molar-refractivity contribution in [3.05, 3.63) is 69.2 Å². The molecule has 7 nitrogen and oxygen atoms in total. The molecule has 11 heteroatoms. The average molecular weight is 538 g/mol. The number of thioether (sulfide) groups is 1. The SMILES string of the molecule is CCn1c(SCC(=O)Nc2cccc(F)c2C)nnc1[C@H](NC(=O)c1ccc(Cl)cc1Cl)C(C)C. The summed E-state index contributed by atoms with van der Waals surface area (Å²) in [6, 6.07) is 8.78. The van der Waals surface area contributed by atoms with Crippen LogP contribution in [0.1, 0.15) is 48.6 Å². The molecule has 0 aliphatic rings. The molecule has 0 spiro atoms. The molecule has 3 aromatic rings. The number of benzene rings is 2. The van der Waals surface area contributed by atoms with Crippen molar-refractivity contribution in [3.8, 4) is 0 Å². The van der Waals surface area contributed by atoms with Gasteiger partial charge in [0.25, 0.3) is 5.91 Å². The van der Waals surface area contributed by atoms with E-state index in [4.69, 9.17) is 23.2 Å². The first-order valence-corrected chi connectivity index (χ1v) is 12.7. The lowest BCUT2D eigenvalue weighted by Gasteiger charge is -2.22. The van der Waals surface area contributed by atoms with Crippen molar-refractivity contribution in [1.82, 2.24) is 20.1 Å². The van der Waals surface area contributed by atoms with Crippen LogP contribution < -0.4 is 10.6 Å². The van der Waals surface area contributed by atoms with Crippen LogP contribution in [0.25, 0.3) is 0 Å². The van der Waals surface area contributed by atoms with Crippen LogP contribution in [0.3, 0.4) is 0 Å². The zero-order valence-corrected chi connectivity index (χ0v) is 22.1. The van der Waals surface area contributed by atoms with Crippen LogP contribution in [-0.4, -0.2) is 32.3 Å². The van der Waals surface area contributed by atoms with E-state index in [-0.39, 0.29) is 34.3 Å². The van der Waals surface area contributed by atoms with Gasteiger partial charge in [-0.3, -0.25) is 9.59 Å². The first-order chi connectivity index (χ1) is 16.6. The fourth-order valence-corrected chi connectivity index (χ4v) is 4.72. The fourth-order valence-electron chi connectivity index (χ4n) is 3.42. The molecule has 0 saturated carbocycles. The van der Waals surface area contributed by atoms with E-state index < -0.39 is 6.04 Å². The zero-order valence-electron chi connectivity index (χ0n) is 19.7. The second-order valence-corrected chi connectivity index (χ2v) is 9.94. The number of aromatic nitrogens is 3. The van der Waals surface area contributed by atoms with Gasteiger partial charge in [0, 0.05) is 22.8 Å². The molecule has 0 bridgehead atoms. The van der Waals surface area contributed by atoms with E-state index in [0.29, 0.717) is 39.4 Å².